The minimum absolute atomic E-state index is 0.319. The average molecular weight is 254 g/mol. The van der Waals surface area contributed by atoms with Crippen LogP contribution in [0.25, 0.3) is 0 Å². The van der Waals surface area contributed by atoms with E-state index in [0.717, 1.165) is 0 Å². The lowest BCUT2D eigenvalue weighted by Crippen LogP contribution is -2.04. The lowest BCUT2D eigenvalue weighted by molar-refractivity contribution is 0.0600. The first kappa shape index (κ1) is 13.6. The van der Waals surface area contributed by atoms with Gasteiger partial charge in [0.25, 0.3) is 0 Å². The third-order valence-corrected chi connectivity index (χ3v) is 3.06. The van der Waals surface area contributed by atoms with Crippen molar-refractivity contribution >= 4 is 17.0 Å². The number of allylic oxidation sites excluding steroid dienone is 1. The van der Waals surface area contributed by atoms with Gasteiger partial charge in [0.05, 0.1) is 17.6 Å². The predicted octanol–water partition coefficient (Wildman–Crippen LogP) is 2.17. The Balaban J connectivity index is 3.13. The molecule has 0 bridgehead atoms. The minimum Gasteiger partial charge on any atom is -0.465 e. The Hall–Kier alpha value is -1.46. The summed E-state index contributed by atoms with van der Waals surface area (Å²) in [6.07, 6.45) is 2.96. The van der Waals surface area contributed by atoms with Crippen molar-refractivity contribution in [2.45, 2.75) is 17.7 Å². The number of methoxy groups -OCH3 is 1. The van der Waals surface area contributed by atoms with Gasteiger partial charge in [0.2, 0.25) is 0 Å². The molecule has 0 aromatic heterocycles. The molecule has 0 fully saturated rings. The second-order valence-corrected chi connectivity index (χ2v) is 4.33. The molecule has 1 atom stereocenters. The summed E-state index contributed by atoms with van der Waals surface area (Å²) >= 11 is -2.05. The molecular weight excluding hydrogens is 240 g/mol. The van der Waals surface area contributed by atoms with Gasteiger partial charge in [-0.05, 0) is 36.6 Å². The van der Waals surface area contributed by atoms with Gasteiger partial charge in [-0.1, -0.05) is 6.08 Å². The van der Waals surface area contributed by atoms with E-state index in [-0.39, 0.29) is 0 Å². The van der Waals surface area contributed by atoms with Crippen LogP contribution in [-0.4, -0.2) is 21.8 Å². The number of carbonyl (C=O) groups is 1. The fourth-order valence-electron chi connectivity index (χ4n) is 1.45. The number of ether oxygens (including phenoxy) is 1. The Morgan fingerprint density at radius 3 is 2.82 bits per heavy atom. The van der Waals surface area contributed by atoms with E-state index in [1.165, 1.54) is 19.2 Å². The maximum absolute atomic E-state index is 11.3. The van der Waals surface area contributed by atoms with Gasteiger partial charge >= 0.3 is 5.97 Å². The normalized spacial score (nSPS) is 11.9. The monoisotopic (exact) mass is 254 g/mol. The van der Waals surface area contributed by atoms with Crippen molar-refractivity contribution in [3.8, 4) is 0 Å². The van der Waals surface area contributed by atoms with Crippen LogP contribution in [0.2, 0.25) is 0 Å². The second kappa shape index (κ2) is 6.32. The Morgan fingerprint density at radius 1 is 1.59 bits per heavy atom. The Bertz CT molecular complexity index is 454. The number of rotatable bonds is 5. The van der Waals surface area contributed by atoms with E-state index < -0.39 is 17.0 Å². The van der Waals surface area contributed by atoms with E-state index in [1.807, 2.05) is 0 Å². The molecule has 1 N–H and O–H groups in total. The molecule has 0 saturated carbocycles. The predicted molar refractivity (Wildman–Crippen MR) is 65.3 cm³/mol. The molecule has 1 aromatic rings. The van der Waals surface area contributed by atoms with Gasteiger partial charge < -0.3 is 9.29 Å². The van der Waals surface area contributed by atoms with E-state index in [1.54, 1.807) is 12.1 Å². The molecule has 4 nitrogen and oxygen atoms in total. The maximum Gasteiger partial charge on any atom is 0.337 e. The molecule has 92 valence electrons. The zero-order valence-electron chi connectivity index (χ0n) is 9.51. The standard InChI is InChI=1S/C12H14O4S/c1-3-4-5-9-8-10(12(13)16-2)6-7-11(9)17(14)15/h3,6-8H,1,4-5H2,2H3,(H,14,15). The van der Waals surface area contributed by atoms with Crippen molar-refractivity contribution in [1.82, 2.24) is 0 Å². The molecule has 0 spiro atoms. The highest BCUT2D eigenvalue weighted by Crippen LogP contribution is 2.18. The first-order chi connectivity index (χ1) is 8.10. The number of hydrogen-bond donors (Lipinski definition) is 1. The molecule has 5 heteroatoms. The summed E-state index contributed by atoms with van der Waals surface area (Å²) in [6, 6.07) is 4.53. The summed E-state index contributed by atoms with van der Waals surface area (Å²) in [4.78, 5) is 11.7. The largest absolute Gasteiger partial charge is 0.465 e. The SMILES string of the molecule is C=CCCc1cc(C(=O)OC)ccc1S(=O)O. The van der Waals surface area contributed by atoms with Crippen molar-refractivity contribution in [1.29, 1.82) is 0 Å². The second-order valence-electron chi connectivity index (χ2n) is 3.39. The summed E-state index contributed by atoms with van der Waals surface area (Å²) < 4.78 is 24.8. The molecular formula is C12H14O4S. The topological polar surface area (TPSA) is 63.6 Å². The lowest BCUT2D eigenvalue weighted by atomic mass is 10.1. The lowest BCUT2D eigenvalue weighted by Gasteiger charge is -2.07. The number of esters is 1. The van der Waals surface area contributed by atoms with Crippen LogP contribution < -0.4 is 0 Å². The van der Waals surface area contributed by atoms with Gasteiger partial charge in [0.1, 0.15) is 0 Å². The molecule has 0 amide bonds. The van der Waals surface area contributed by atoms with Crippen molar-refractivity contribution in [2.75, 3.05) is 7.11 Å². The highest BCUT2D eigenvalue weighted by molar-refractivity contribution is 7.79. The van der Waals surface area contributed by atoms with Crippen molar-refractivity contribution in [2.24, 2.45) is 0 Å². The van der Waals surface area contributed by atoms with Gasteiger partial charge in [0, 0.05) is 0 Å². The van der Waals surface area contributed by atoms with Crippen LogP contribution in [0.1, 0.15) is 22.3 Å². The molecule has 0 radical (unpaired) electrons. The zero-order valence-corrected chi connectivity index (χ0v) is 10.3. The van der Waals surface area contributed by atoms with E-state index in [2.05, 4.69) is 11.3 Å². The molecule has 0 heterocycles. The summed E-state index contributed by atoms with van der Waals surface area (Å²) in [6.45, 7) is 3.59. The van der Waals surface area contributed by atoms with Crippen LogP contribution in [0.3, 0.4) is 0 Å². The first-order valence-electron chi connectivity index (χ1n) is 5.03. The summed E-state index contributed by atoms with van der Waals surface area (Å²) in [5, 5.41) is 0. The molecule has 1 aromatic carbocycles. The quantitative estimate of drug-likeness (QED) is 0.497. The first-order valence-corrected chi connectivity index (χ1v) is 6.13. The fourth-order valence-corrected chi connectivity index (χ4v) is 2.02. The van der Waals surface area contributed by atoms with Gasteiger partial charge in [-0.2, -0.15) is 0 Å². The summed E-state index contributed by atoms with van der Waals surface area (Å²) in [7, 11) is 1.30. The van der Waals surface area contributed by atoms with Crippen LogP contribution in [0.4, 0.5) is 0 Å². The molecule has 0 aliphatic rings. The highest BCUT2D eigenvalue weighted by Gasteiger charge is 2.12. The van der Waals surface area contributed by atoms with Crippen molar-refractivity contribution in [3.05, 3.63) is 42.0 Å². The van der Waals surface area contributed by atoms with Gasteiger partial charge in [-0.25, -0.2) is 9.00 Å². The van der Waals surface area contributed by atoms with Crippen LogP contribution in [0, 0.1) is 0 Å². The van der Waals surface area contributed by atoms with Gasteiger partial charge in [-0.3, -0.25) is 0 Å². The highest BCUT2D eigenvalue weighted by atomic mass is 32.2. The number of carbonyl (C=O) groups excluding carboxylic acids is 1. The Labute approximate surface area is 103 Å². The van der Waals surface area contributed by atoms with Gasteiger partial charge in [0.15, 0.2) is 11.1 Å². The van der Waals surface area contributed by atoms with Gasteiger partial charge in [-0.15, -0.1) is 6.58 Å². The zero-order chi connectivity index (χ0) is 12.8. The number of hydrogen-bond acceptors (Lipinski definition) is 3. The summed E-state index contributed by atoms with van der Waals surface area (Å²) in [5.74, 6) is -0.458. The molecule has 0 aliphatic carbocycles. The smallest absolute Gasteiger partial charge is 0.337 e. The third kappa shape index (κ3) is 3.51. The molecule has 1 rings (SSSR count). The third-order valence-electron chi connectivity index (χ3n) is 2.29. The van der Waals surface area contributed by atoms with E-state index in [4.69, 9.17) is 4.55 Å². The number of aryl methyl sites for hydroxylation is 1. The Kier molecular flexibility index (Phi) is 5.06. The van der Waals surface area contributed by atoms with E-state index >= 15 is 0 Å². The van der Waals surface area contributed by atoms with E-state index in [0.29, 0.717) is 28.9 Å². The fraction of sp³-hybridized carbons (Fsp3) is 0.250. The molecule has 1 unspecified atom stereocenters. The van der Waals surface area contributed by atoms with Crippen molar-refractivity contribution in [3.63, 3.8) is 0 Å². The maximum atomic E-state index is 11.3. The molecule has 0 aliphatic heterocycles. The Morgan fingerprint density at radius 2 is 2.29 bits per heavy atom. The average Bonchev–Trinajstić information content (AvgIpc) is 2.34. The molecule has 17 heavy (non-hydrogen) atoms. The van der Waals surface area contributed by atoms with Crippen molar-refractivity contribution < 1.29 is 18.3 Å². The van der Waals surface area contributed by atoms with Crippen LogP contribution in [0.15, 0.2) is 35.7 Å². The van der Waals surface area contributed by atoms with Crippen LogP contribution in [-0.2, 0) is 22.2 Å². The molecule has 0 saturated heterocycles. The van der Waals surface area contributed by atoms with Crippen LogP contribution >= 0.6 is 0 Å². The minimum atomic E-state index is -2.05. The number of benzene rings is 1. The summed E-state index contributed by atoms with van der Waals surface area (Å²) in [5.41, 5.74) is 1.04. The van der Waals surface area contributed by atoms with Crippen LogP contribution in [0.5, 0.6) is 0 Å². The van der Waals surface area contributed by atoms with E-state index in [9.17, 15) is 9.00 Å².